The second kappa shape index (κ2) is 3.68. The maximum absolute atomic E-state index is 3.97. The molecule has 1 aliphatic rings. The molecule has 80 valence electrons. The Morgan fingerprint density at radius 2 is 2.06 bits per heavy atom. The van der Waals surface area contributed by atoms with E-state index in [9.17, 15) is 0 Å². The van der Waals surface area contributed by atoms with E-state index < -0.39 is 0 Å². The van der Waals surface area contributed by atoms with Gasteiger partial charge in [-0.1, -0.05) is 41.6 Å². The Bertz CT molecular complexity index is 541. The minimum atomic E-state index is 0.857. The van der Waals surface area contributed by atoms with Crippen LogP contribution in [-0.2, 0) is 0 Å². The summed E-state index contributed by atoms with van der Waals surface area (Å²) in [6.07, 6.45) is 1.67. The fourth-order valence-electron chi connectivity index (χ4n) is 1.51. The number of aromatic nitrogens is 3. The van der Waals surface area contributed by atoms with Gasteiger partial charge in [-0.15, -0.1) is 10.2 Å². The van der Waals surface area contributed by atoms with Crippen molar-refractivity contribution in [2.45, 2.75) is 12.1 Å². The number of hydrogen-bond donors (Lipinski definition) is 1. The van der Waals surface area contributed by atoms with Crippen LogP contribution in [0, 0.1) is 6.92 Å². The smallest absolute Gasteiger partial charge is 0.214 e. The number of nitrogens with one attached hydrogen (secondary N) is 1. The third-order valence-electron chi connectivity index (χ3n) is 2.40. The summed E-state index contributed by atoms with van der Waals surface area (Å²) < 4.78 is 1.82. The van der Waals surface area contributed by atoms with Gasteiger partial charge in [-0.2, -0.15) is 0 Å². The summed E-state index contributed by atoms with van der Waals surface area (Å²) in [7, 11) is 0. The van der Waals surface area contributed by atoms with E-state index in [1.165, 1.54) is 5.56 Å². The van der Waals surface area contributed by atoms with E-state index >= 15 is 0 Å². The largest absolute Gasteiger partial charge is 0.290 e. The van der Waals surface area contributed by atoms with Crippen LogP contribution < -0.4 is 5.43 Å². The van der Waals surface area contributed by atoms with Crippen molar-refractivity contribution in [3.05, 3.63) is 47.1 Å². The molecule has 1 N–H and O–H groups in total. The molecule has 3 rings (SSSR count). The lowest BCUT2D eigenvalue weighted by Crippen LogP contribution is -2.16. The van der Waals surface area contributed by atoms with Crippen molar-refractivity contribution in [1.82, 2.24) is 14.9 Å². The van der Waals surface area contributed by atoms with Crippen LogP contribution in [0.3, 0.4) is 0 Å². The van der Waals surface area contributed by atoms with Gasteiger partial charge in [0.2, 0.25) is 5.16 Å². The van der Waals surface area contributed by atoms with Crippen molar-refractivity contribution in [2.24, 2.45) is 0 Å². The Kier molecular flexibility index (Phi) is 2.18. The van der Waals surface area contributed by atoms with Crippen LogP contribution in [0.15, 0.2) is 41.2 Å². The van der Waals surface area contributed by atoms with Gasteiger partial charge in [0.1, 0.15) is 6.33 Å². The molecule has 4 nitrogen and oxygen atoms in total. The quantitative estimate of drug-likeness (QED) is 0.815. The molecule has 0 amide bonds. The summed E-state index contributed by atoms with van der Waals surface area (Å²) in [5.41, 5.74) is 6.74. The van der Waals surface area contributed by atoms with Crippen LogP contribution in [-0.4, -0.2) is 14.9 Å². The summed E-state index contributed by atoms with van der Waals surface area (Å²) in [5, 5.41) is 10.7. The third kappa shape index (κ3) is 1.59. The number of nitrogens with zero attached hydrogens (tertiary/aromatic N) is 3. The van der Waals surface area contributed by atoms with Crippen LogP contribution in [0.4, 0.5) is 0 Å². The molecule has 0 saturated heterocycles. The first-order valence-electron chi connectivity index (χ1n) is 4.94. The Morgan fingerprint density at radius 1 is 1.25 bits per heavy atom. The molecule has 1 aromatic carbocycles. The second-order valence-corrected chi connectivity index (χ2v) is 4.45. The standard InChI is InChI=1S/C11H10N4S/c1-8-2-4-9(5-3-8)10-6-16-11-13-12-7-15(11)14-10/h2-7,14H,1H3. The lowest BCUT2D eigenvalue weighted by molar-refractivity contribution is 0.821. The molecule has 0 atom stereocenters. The SMILES string of the molecule is Cc1ccc(C2=CSc3nncn3N2)cc1. The summed E-state index contributed by atoms with van der Waals surface area (Å²) in [6.45, 7) is 2.08. The highest BCUT2D eigenvalue weighted by atomic mass is 32.2. The van der Waals surface area contributed by atoms with Gasteiger partial charge in [0.25, 0.3) is 0 Å². The van der Waals surface area contributed by atoms with E-state index in [2.05, 4.69) is 52.2 Å². The highest BCUT2D eigenvalue weighted by Crippen LogP contribution is 2.26. The fourth-order valence-corrected chi connectivity index (χ4v) is 2.23. The van der Waals surface area contributed by atoms with Crippen molar-refractivity contribution < 1.29 is 0 Å². The van der Waals surface area contributed by atoms with E-state index in [0.29, 0.717) is 0 Å². The monoisotopic (exact) mass is 230 g/mol. The van der Waals surface area contributed by atoms with Gasteiger partial charge in [-0.05, 0) is 12.5 Å². The van der Waals surface area contributed by atoms with E-state index in [-0.39, 0.29) is 0 Å². The maximum atomic E-state index is 3.97. The van der Waals surface area contributed by atoms with Crippen molar-refractivity contribution in [1.29, 1.82) is 0 Å². The Balaban J connectivity index is 1.92. The number of hydrogen-bond acceptors (Lipinski definition) is 4. The molecule has 0 fully saturated rings. The molecule has 0 radical (unpaired) electrons. The van der Waals surface area contributed by atoms with Gasteiger partial charge >= 0.3 is 0 Å². The van der Waals surface area contributed by atoms with Gasteiger partial charge in [0.15, 0.2) is 0 Å². The highest BCUT2D eigenvalue weighted by molar-refractivity contribution is 8.02. The third-order valence-corrected chi connectivity index (χ3v) is 3.24. The molecular weight excluding hydrogens is 220 g/mol. The van der Waals surface area contributed by atoms with E-state index in [1.54, 1.807) is 18.1 Å². The molecule has 0 spiro atoms. The minimum Gasteiger partial charge on any atom is -0.290 e. The van der Waals surface area contributed by atoms with E-state index in [0.717, 1.165) is 16.4 Å². The number of aryl methyl sites for hydroxylation is 1. The summed E-state index contributed by atoms with van der Waals surface area (Å²) in [5.74, 6) is 0. The predicted molar refractivity (Wildman–Crippen MR) is 64.4 cm³/mol. The van der Waals surface area contributed by atoms with Gasteiger partial charge in [0, 0.05) is 5.41 Å². The summed E-state index contributed by atoms with van der Waals surface area (Å²) >= 11 is 1.57. The normalized spacial score (nSPS) is 13.9. The molecule has 5 heteroatoms. The van der Waals surface area contributed by atoms with Crippen LogP contribution in [0.1, 0.15) is 11.1 Å². The Morgan fingerprint density at radius 3 is 2.88 bits per heavy atom. The Hall–Kier alpha value is -1.75. The van der Waals surface area contributed by atoms with E-state index in [1.807, 2.05) is 4.68 Å². The number of thioether (sulfide) groups is 1. The molecule has 2 aromatic rings. The topological polar surface area (TPSA) is 42.7 Å². The van der Waals surface area contributed by atoms with Crippen molar-refractivity contribution in [3.8, 4) is 0 Å². The lowest BCUT2D eigenvalue weighted by atomic mass is 10.1. The highest BCUT2D eigenvalue weighted by Gasteiger charge is 2.12. The van der Waals surface area contributed by atoms with Gasteiger partial charge < -0.3 is 0 Å². The minimum absolute atomic E-state index is 0.857. The van der Waals surface area contributed by atoms with Gasteiger partial charge in [0.05, 0.1) is 5.70 Å². The molecule has 0 aliphatic carbocycles. The Labute approximate surface area is 97.4 Å². The average Bonchev–Trinajstić information content (AvgIpc) is 2.77. The maximum Gasteiger partial charge on any atom is 0.214 e. The molecule has 1 aliphatic heterocycles. The fraction of sp³-hybridized carbons (Fsp3) is 0.0909. The molecule has 16 heavy (non-hydrogen) atoms. The lowest BCUT2D eigenvalue weighted by Gasteiger charge is -2.16. The predicted octanol–water partition coefficient (Wildman–Crippen LogP) is 2.23. The van der Waals surface area contributed by atoms with Crippen LogP contribution >= 0.6 is 11.8 Å². The summed E-state index contributed by atoms with van der Waals surface area (Å²) in [4.78, 5) is 0. The zero-order valence-corrected chi connectivity index (χ0v) is 9.53. The first kappa shape index (κ1) is 9.47. The zero-order valence-electron chi connectivity index (χ0n) is 8.71. The van der Waals surface area contributed by atoms with E-state index in [4.69, 9.17) is 0 Å². The molecule has 1 aromatic heterocycles. The summed E-state index contributed by atoms with van der Waals surface area (Å²) in [6, 6.07) is 8.41. The van der Waals surface area contributed by atoms with Gasteiger partial charge in [-0.3, -0.25) is 5.43 Å². The molecule has 0 unspecified atom stereocenters. The van der Waals surface area contributed by atoms with Crippen molar-refractivity contribution in [2.75, 3.05) is 5.43 Å². The number of fused-ring (bicyclic) bond motifs is 1. The van der Waals surface area contributed by atoms with Crippen LogP contribution in [0.25, 0.3) is 5.70 Å². The van der Waals surface area contributed by atoms with Gasteiger partial charge in [-0.25, -0.2) is 4.68 Å². The second-order valence-electron chi connectivity index (χ2n) is 3.61. The van der Waals surface area contributed by atoms with Crippen molar-refractivity contribution >= 4 is 17.5 Å². The number of rotatable bonds is 1. The average molecular weight is 230 g/mol. The molecule has 0 bridgehead atoms. The first-order chi connectivity index (χ1) is 7.83. The van der Waals surface area contributed by atoms with Crippen LogP contribution in [0.5, 0.6) is 0 Å². The first-order valence-corrected chi connectivity index (χ1v) is 5.82. The number of benzene rings is 1. The zero-order chi connectivity index (χ0) is 11.0. The van der Waals surface area contributed by atoms with Crippen molar-refractivity contribution in [3.63, 3.8) is 0 Å². The molecular formula is C11H10N4S. The molecule has 0 saturated carbocycles. The molecule has 2 heterocycles. The van der Waals surface area contributed by atoms with Crippen LogP contribution in [0.2, 0.25) is 0 Å².